The van der Waals surface area contributed by atoms with Crippen molar-refractivity contribution in [1.82, 2.24) is 5.32 Å². The standard InChI is InChI=1S/C17H20N2OS/c18-14-9-4-8-13(14)17(20)19-16(15-10-5-11-21-15)12-6-2-1-3-7-12/h1-3,5-7,10-11,13-14,16H,4,8-9,18H2,(H,19,20). The molecule has 0 bridgehead atoms. The lowest BCUT2D eigenvalue weighted by Crippen LogP contribution is -2.40. The Morgan fingerprint density at radius 3 is 2.62 bits per heavy atom. The van der Waals surface area contributed by atoms with Crippen molar-refractivity contribution in [3.63, 3.8) is 0 Å². The number of rotatable bonds is 4. The van der Waals surface area contributed by atoms with Crippen molar-refractivity contribution in [2.75, 3.05) is 0 Å². The van der Waals surface area contributed by atoms with E-state index in [1.807, 2.05) is 29.6 Å². The van der Waals surface area contributed by atoms with Crippen LogP contribution in [0.5, 0.6) is 0 Å². The number of carbonyl (C=O) groups excluding carboxylic acids is 1. The maximum atomic E-state index is 12.5. The van der Waals surface area contributed by atoms with E-state index in [0.29, 0.717) is 0 Å². The molecule has 110 valence electrons. The fourth-order valence-electron chi connectivity index (χ4n) is 2.98. The van der Waals surface area contributed by atoms with E-state index in [1.54, 1.807) is 11.3 Å². The Kier molecular flexibility index (Phi) is 4.36. The highest BCUT2D eigenvalue weighted by Gasteiger charge is 2.32. The molecule has 1 fully saturated rings. The number of nitrogens with one attached hydrogen (secondary N) is 1. The Hall–Kier alpha value is -1.65. The SMILES string of the molecule is NC1CCCC1C(=O)NC(c1ccccc1)c1cccs1. The quantitative estimate of drug-likeness (QED) is 0.911. The lowest BCUT2D eigenvalue weighted by atomic mass is 10.0. The summed E-state index contributed by atoms with van der Waals surface area (Å²) in [6, 6.07) is 14.1. The lowest BCUT2D eigenvalue weighted by Gasteiger charge is -2.22. The lowest BCUT2D eigenvalue weighted by molar-refractivity contribution is -0.125. The summed E-state index contributed by atoms with van der Waals surface area (Å²) in [7, 11) is 0. The number of nitrogens with two attached hydrogens (primary N) is 1. The summed E-state index contributed by atoms with van der Waals surface area (Å²) in [5.41, 5.74) is 7.17. The van der Waals surface area contributed by atoms with Crippen LogP contribution in [0.15, 0.2) is 47.8 Å². The number of carbonyl (C=O) groups is 1. The average molecular weight is 300 g/mol. The first-order valence-corrected chi connectivity index (χ1v) is 8.28. The van der Waals surface area contributed by atoms with Gasteiger partial charge in [-0.05, 0) is 29.9 Å². The van der Waals surface area contributed by atoms with Gasteiger partial charge in [0.25, 0.3) is 0 Å². The van der Waals surface area contributed by atoms with Crippen molar-refractivity contribution < 1.29 is 4.79 Å². The van der Waals surface area contributed by atoms with Crippen LogP contribution in [0, 0.1) is 5.92 Å². The predicted octanol–water partition coefficient (Wildman–Crippen LogP) is 3.08. The van der Waals surface area contributed by atoms with Gasteiger partial charge in [-0.3, -0.25) is 4.79 Å². The summed E-state index contributed by atoms with van der Waals surface area (Å²) in [5.74, 6) is 0.0402. The molecule has 3 N–H and O–H groups in total. The fourth-order valence-corrected chi connectivity index (χ4v) is 3.79. The van der Waals surface area contributed by atoms with Crippen molar-refractivity contribution in [2.24, 2.45) is 11.7 Å². The van der Waals surface area contributed by atoms with E-state index in [-0.39, 0.29) is 23.9 Å². The second-order valence-corrected chi connectivity index (χ2v) is 6.55. The molecule has 3 unspecified atom stereocenters. The van der Waals surface area contributed by atoms with Gasteiger partial charge < -0.3 is 11.1 Å². The molecule has 0 saturated heterocycles. The van der Waals surface area contributed by atoms with Crippen LogP contribution in [0.1, 0.15) is 35.7 Å². The van der Waals surface area contributed by atoms with E-state index in [1.165, 1.54) is 0 Å². The number of amides is 1. The Balaban J connectivity index is 1.82. The number of hydrogen-bond acceptors (Lipinski definition) is 3. The molecular weight excluding hydrogens is 280 g/mol. The third-order valence-electron chi connectivity index (χ3n) is 4.15. The minimum atomic E-state index is -0.0773. The first-order chi connectivity index (χ1) is 10.3. The minimum Gasteiger partial charge on any atom is -0.344 e. The molecule has 0 spiro atoms. The zero-order valence-corrected chi connectivity index (χ0v) is 12.7. The molecule has 1 heterocycles. The van der Waals surface area contributed by atoms with Crippen LogP contribution in [0.3, 0.4) is 0 Å². The maximum Gasteiger partial charge on any atom is 0.225 e. The van der Waals surface area contributed by atoms with E-state index in [4.69, 9.17) is 5.73 Å². The first-order valence-electron chi connectivity index (χ1n) is 7.40. The summed E-state index contributed by atoms with van der Waals surface area (Å²) in [4.78, 5) is 13.7. The molecule has 0 radical (unpaired) electrons. The van der Waals surface area contributed by atoms with Crippen molar-refractivity contribution in [1.29, 1.82) is 0 Å². The third-order valence-corrected chi connectivity index (χ3v) is 5.09. The van der Waals surface area contributed by atoms with Gasteiger partial charge in [-0.25, -0.2) is 0 Å². The van der Waals surface area contributed by atoms with E-state index in [0.717, 1.165) is 29.7 Å². The van der Waals surface area contributed by atoms with Crippen LogP contribution in [-0.4, -0.2) is 11.9 Å². The van der Waals surface area contributed by atoms with E-state index < -0.39 is 0 Å². The molecule has 1 aliphatic rings. The third kappa shape index (κ3) is 3.17. The van der Waals surface area contributed by atoms with Gasteiger partial charge in [0.15, 0.2) is 0 Å². The average Bonchev–Trinajstić information content (AvgIpc) is 3.17. The van der Waals surface area contributed by atoms with Crippen LogP contribution in [0.25, 0.3) is 0 Å². The number of benzene rings is 1. The summed E-state index contributed by atoms with van der Waals surface area (Å²) in [5, 5.41) is 5.24. The molecule has 21 heavy (non-hydrogen) atoms. The molecule has 3 rings (SSSR count). The molecule has 2 aromatic rings. The van der Waals surface area contributed by atoms with Crippen molar-refractivity contribution in [3.05, 3.63) is 58.3 Å². The molecule has 1 amide bonds. The summed E-state index contributed by atoms with van der Waals surface area (Å²) in [6.07, 6.45) is 2.90. The smallest absolute Gasteiger partial charge is 0.225 e. The predicted molar refractivity (Wildman–Crippen MR) is 86.1 cm³/mol. The van der Waals surface area contributed by atoms with Gasteiger partial charge in [0.1, 0.15) is 0 Å². The highest BCUT2D eigenvalue weighted by molar-refractivity contribution is 7.10. The van der Waals surface area contributed by atoms with Crippen LogP contribution in [0.4, 0.5) is 0 Å². The molecule has 0 aliphatic heterocycles. The van der Waals surface area contributed by atoms with Gasteiger partial charge in [0, 0.05) is 10.9 Å². The molecule has 1 saturated carbocycles. The Morgan fingerprint density at radius 2 is 2.00 bits per heavy atom. The molecule has 3 atom stereocenters. The number of thiophene rings is 1. The van der Waals surface area contributed by atoms with Gasteiger partial charge >= 0.3 is 0 Å². The second-order valence-electron chi connectivity index (χ2n) is 5.57. The Labute approximate surface area is 129 Å². The molecule has 4 heteroatoms. The van der Waals surface area contributed by atoms with Gasteiger partial charge in [0.2, 0.25) is 5.91 Å². The van der Waals surface area contributed by atoms with Gasteiger partial charge in [0.05, 0.1) is 12.0 Å². The summed E-state index contributed by atoms with van der Waals surface area (Å²) >= 11 is 1.67. The van der Waals surface area contributed by atoms with Crippen molar-refractivity contribution in [2.45, 2.75) is 31.3 Å². The largest absolute Gasteiger partial charge is 0.344 e. The molecule has 1 aromatic heterocycles. The highest BCUT2D eigenvalue weighted by Crippen LogP contribution is 2.29. The summed E-state index contributed by atoms with van der Waals surface area (Å²) < 4.78 is 0. The van der Waals surface area contributed by atoms with Crippen LogP contribution < -0.4 is 11.1 Å². The Morgan fingerprint density at radius 1 is 1.19 bits per heavy atom. The van der Waals surface area contributed by atoms with E-state index in [9.17, 15) is 4.79 Å². The monoisotopic (exact) mass is 300 g/mol. The minimum absolute atomic E-state index is 0.00441. The molecule has 1 aliphatic carbocycles. The van der Waals surface area contributed by atoms with Crippen molar-refractivity contribution in [3.8, 4) is 0 Å². The topological polar surface area (TPSA) is 55.1 Å². The van der Waals surface area contributed by atoms with E-state index >= 15 is 0 Å². The zero-order chi connectivity index (χ0) is 14.7. The highest BCUT2D eigenvalue weighted by atomic mass is 32.1. The van der Waals surface area contributed by atoms with Gasteiger partial charge in [-0.2, -0.15) is 0 Å². The fraction of sp³-hybridized carbons (Fsp3) is 0.353. The van der Waals surface area contributed by atoms with Gasteiger partial charge in [-0.1, -0.05) is 42.8 Å². The van der Waals surface area contributed by atoms with Crippen molar-refractivity contribution >= 4 is 17.2 Å². The zero-order valence-electron chi connectivity index (χ0n) is 11.9. The normalized spacial score (nSPS) is 22.9. The maximum absolute atomic E-state index is 12.5. The first kappa shape index (κ1) is 14.3. The molecule has 3 nitrogen and oxygen atoms in total. The summed E-state index contributed by atoms with van der Waals surface area (Å²) in [6.45, 7) is 0. The van der Waals surface area contributed by atoms with Crippen LogP contribution in [0.2, 0.25) is 0 Å². The van der Waals surface area contributed by atoms with E-state index in [2.05, 4.69) is 23.5 Å². The van der Waals surface area contributed by atoms with Crippen LogP contribution in [-0.2, 0) is 4.79 Å². The second kappa shape index (κ2) is 6.41. The molecule has 1 aromatic carbocycles. The number of hydrogen-bond donors (Lipinski definition) is 2. The van der Waals surface area contributed by atoms with Crippen LogP contribution >= 0.6 is 11.3 Å². The molecular formula is C17H20N2OS. The Bertz CT molecular complexity index is 582. The van der Waals surface area contributed by atoms with Gasteiger partial charge in [-0.15, -0.1) is 11.3 Å².